The van der Waals surface area contributed by atoms with Gasteiger partial charge in [0.1, 0.15) is 22.8 Å². The van der Waals surface area contributed by atoms with Crippen molar-refractivity contribution in [2.45, 2.75) is 37.5 Å². The lowest BCUT2D eigenvalue weighted by Crippen LogP contribution is -2.68. The molecule has 11 nitrogen and oxygen atoms in total. The van der Waals surface area contributed by atoms with Gasteiger partial charge in [0, 0.05) is 43.4 Å². The summed E-state index contributed by atoms with van der Waals surface area (Å²) in [5.41, 5.74) is 7.47. The molecule has 2 unspecified atom stereocenters. The summed E-state index contributed by atoms with van der Waals surface area (Å²) in [5, 5.41) is 45.1. The van der Waals surface area contributed by atoms with E-state index in [0.717, 1.165) is 0 Å². The maximum Gasteiger partial charge on any atom is 0.255 e. The summed E-state index contributed by atoms with van der Waals surface area (Å²) in [5.74, 6) is -6.86. The van der Waals surface area contributed by atoms with Gasteiger partial charge in [-0.3, -0.25) is 19.3 Å². The molecule has 0 radical (unpaired) electrons. The molecule has 8 N–H and O–H groups in total. The number of aliphatic hydroxyl groups is 3. The fourth-order valence-electron chi connectivity index (χ4n) is 6.12. The maximum atomic E-state index is 13.8. The number of Topliss-reactive ketones (excluding diaryl/α,β-unsaturated/α-hetero) is 2. The number of primary amides is 1. The van der Waals surface area contributed by atoms with Crippen LogP contribution >= 0.6 is 0 Å². The number of carbonyl (C=O) groups is 3. The number of anilines is 1. The second kappa shape index (κ2) is 8.05. The number of likely N-dealkylation sites (N-methyl/N-ethyl adjacent to an activating group) is 1. The number of allylic oxidation sites excluding steroid dienone is 1. The Bertz CT molecular complexity index is 1280. The smallest absolute Gasteiger partial charge is 0.255 e. The van der Waals surface area contributed by atoms with Gasteiger partial charge in [-0.15, -0.1) is 0 Å². The Hall–Kier alpha value is -3.41. The summed E-state index contributed by atoms with van der Waals surface area (Å²) in [4.78, 5) is 42.7. The fraction of sp³-hybridized carbons (Fsp3) is 0.480. The molecule has 11 heteroatoms. The molecule has 36 heavy (non-hydrogen) atoms. The molecular weight excluding hydrogens is 468 g/mol. The Morgan fingerprint density at radius 1 is 1.14 bits per heavy atom. The first-order valence-corrected chi connectivity index (χ1v) is 11.6. The summed E-state index contributed by atoms with van der Waals surface area (Å²) in [7, 11) is 6.77. The Balaban J connectivity index is 2.03. The van der Waals surface area contributed by atoms with Crippen LogP contribution in [0.15, 0.2) is 28.7 Å². The summed E-state index contributed by atoms with van der Waals surface area (Å²) >= 11 is 0. The van der Waals surface area contributed by atoms with Crippen molar-refractivity contribution in [2.24, 2.45) is 23.3 Å². The van der Waals surface area contributed by atoms with Gasteiger partial charge in [0.2, 0.25) is 5.78 Å². The van der Waals surface area contributed by atoms with Gasteiger partial charge in [0.25, 0.3) is 5.91 Å². The van der Waals surface area contributed by atoms with E-state index in [0.29, 0.717) is 16.8 Å². The van der Waals surface area contributed by atoms with Crippen molar-refractivity contribution in [2.75, 3.05) is 33.1 Å². The van der Waals surface area contributed by atoms with Gasteiger partial charge >= 0.3 is 0 Å². The number of nitrogens with zero attached hydrogens (tertiary/aromatic N) is 2. The van der Waals surface area contributed by atoms with Crippen LogP contribution in [0.5, 0.6) is 5.75 Å². The van der Waals surface area contributed by atoms with E-state index < -0.39 is 57.5 Å². The lowest BCUT2D eigenvalue weighted by Gasteiger charge is -2.55. The summed E-state index contributed by atoms with van der Waals surface area (Å²) in [6, 6.07) is 1.71. The SMILES string of the molecule is CN(C)c1cc(CN)c(O)c2c1CC1CC3[C@@](O)(C(=O)C(C(N)=O)=C(O)[C@@]3(C)N(C)C)C(O)=C1C2=O. The van der Waals surface area contributed by atoms with Crippen LogP contribution in [0.3, 0.4) is 0 Å². The zero-order valence-electron chi connectivity index (χ0n) is 20.9. The van der Waals surface area contributed by atoms with Gasteiger partial charge in [-0.05, 0) is 51.4 Å². The molecule has 0 saturated heterocycles. The fourth-order valence-corrected chi connectivity index (χ4v) is 6.12. The molecule has 4 atom stereocenters. The van der Waals surface area contributed by atoms with Gasteiger partial charge < -0.3 is 36.8 Å². The van der Waals surface area contributed by atoms with Crippen LogP contribution in [0.1, 0.15) is 34.8 Å². The summed E-state index contributed by atoms with van der Waals surface area (Å²) < 4.78 is 0. The Kier molecular flexibility index (Phi) is 5.74. The van der Waals surface area contributed by atoms with E-state index in [-0.39, 0.29) is 36.3 Å². The molecule has 1 aromatic rings. The predicted octanol–water partition coefficient (Wildman–Crippen LogP) is 0.0354. The van der Waals surface area contributed by atoms with Crippen LogP contribution in [-0.4, -0.2) is 82.1 Å². The average Bonchev–Trinajstić information content (AvgIpc) is 2.79. The van der Waals surface area contributed by atoms with Gasteiger partial charge in [-0.2, -0.15) is 0 Å². The molecule has 0 spiro atoms. The molecule has 3 aliphatic carbocycles. The molecule has 0 heterocycles. The highest BCUT2D eigenvalue weighted by Crippen LogP contribution is 2.56. The van der Waals surface area contributed by atoms with Crippen LogP contribution in [0.25, 0.3) is 0 Å². The van der Waals surface area contributed by atoms with Crippen LogP contribution in [0, 0.1) is 11.8 Å². The third kappa shape index (κ3) is 2.99. The van der Waals surface area contributed by atoms with E-state index in [9.17, 15) is 34.8 Å². The highest BCUT2D eigenvalue weighted by molar-refractivity contribution is 6.25. The van der Waals surface area contributed by atoms with Crippen molar-refractivity contribution in [1.29, 1.82) is 0 Å². The molecule has 0 aliphatic heterocycles. The quantitative estimate of drug-likeness (QED) is 0.308. The normalized spacial score (nSPS) is 29.8. The summed E-state index contributed by atoms with van der Waals surface area (Å²) in [6.07, 6.45) is 0.230. The zero-order valence-corrected chi connectivity index (χ0v) is 20.9. The standard InChI is InChI=1S/C25H32N4O7/c1-24(29(4)5)14-8-10-6-12-13(28(2)3)7-11(9-26)18(30)16(12)19(31)15(10)21(33)25(14,36)22(34)17(20(24)32)23(27)35/h7,10,14,30,32-33,36H,6,8-9,26H2,1-5H3,(H2,27,35)/t10?,14?,24-,25-/m0/s1. The van der Waals surface area contributed by atoms with E-state index in [1.54, 1.807) is 39.2 Å². The highest BCUT2D eigenvalue weighted by Gasteiger charge is 2.67. The van der Waals surface area contributed by atoms with E-state index in [4.69, 9.17) is 11.5 Å². The number of hydrogen-bond donors (Lipinski definition) is 6. The molecule has 0 bridgehead atoms. The Morgan fingerprint density at radius 3 is 2.25 bits per heavy atom. The zero-order chi connectivity index (χ0) is 27.1. The van der Waals surface area contributed by atoms with Gasteiger partial charge in [-0.1, -0.05) is 0 Å². The van der Waals surface area contributed by atoms with Crippen LogP contribution in [0.4, 0.5) is 5.69 Å². The number of hydrogen-bond acceptors (Lipinski definition) is 10. The molecule has 1 aromatic carbocycles. The molecule has 194 valence electrons. The van der Waals surface area contributed by atoms with E-state index in [1.807, 2.05) is 0 Å². The van der Waals surface area contributed by atoms with Gasteiger partial charge in [0.15, 0.2) is 11.4 Å². The average molecular weight is 501 g/mol. The topological polar surface area (TPSA) is 191 Å². The Labute approximate surface area is 208 Å². The lowest BCUT2D eigenvalue weighted by molar-refractivity contribution is -0.155. The monoisotopic (exact) mass is 500 g/mol. The first-order valence-electron chi connectivity index (χ1n) is 11.6. The molecular formula is C25H32N4O7. The molecule has 0 fully saturated rings. The minimum absolute atomic E-state index is 0.0177. The molecule has 3 aliphatic rings. The number of carbonyl (C=O) groups excluding carboxylic acids is 3. The number of phenolic OH excluding ortho intramolecular Hbond substituents is 1. The van der Waals surface area contributed by atoms with E-state index >= 15 is 0 Å². The number of phenols is 1. The number of nitrogens with two attached hydrogens (primary N) is 2. The molecule has 1 amide bonds. The number of fused-ring (bicyclic) bond motifs is 3. The number of ketones is 2. The van der Waals surface area contributed by atoms with Crippen molar-refractivity contribution in [3.8, 4) is 5.75 Å². The molecule has 0 aromatic heterocycles. The second-order valence-electron chi connectivity index (χ2n) is 10.4. The number of aromatic hydroxyl groups is 1. The van der Waals surface area contributed by atoms with Crippen molar-refractivity contribution in [3.63, 3.8) is 0 Å². The van der Waals surface area contributed by atoms with Crippen LogP contribution in [-0.2, 0) is 22.6 Å². The van der Waals surface area contributed by atoms with Gasteiger partial charge in [0.05, 0.1) is 11.1 Å². The highest BCUT2D eigenvalue weighted by atomic mass is 16.3. The maximum absolute atomic E-state index is 13.8. The number of rotatable bonds is 4. The van der Waals surface area contributed by atoms with Crippen LogP contribution < -0.4 is 16.4 Å². The first kappa shape index (κ1) is 25.7. The molecule has 4 rings (SSSR count). The Morgan fingerprint density at radius 2 is 1.75 bits per heavy atom. The van der Waals surface area contributed by atoms with Crippen molar-refractivity contribution in [1.82, 2.24) is 4.90 Å². The second-order valence-corrected chi connectivity index (χ2v) is 10.4. The number of amides is 1. The van der Waals surface area contributed by atoms with Crippen molar-refractivity contribution in [3.05, 3.63) is 45.4 Å². The number of benzene rings is 1. The van der Waals surface area contributed by atoms with Gasteiger partial charge in [-0.25, -0.2) is 0 Å². The summed E-state index contributed by atoms with van der Waals surface area (Å²) in [6.45, 7) is 1.49. The third-order valence-electron chi connectivity index (χ3n) is 8.28. The van der Waals surface area contributed by atoms with Crippen LogP contribution in [0.2, 0.25) is 0 Å². The first-order chi connectivity index (χ1) is 16.6. The van der Waals surface area contributed by atoms with E-state index in [2.05, 4.69) is 0 Å². The van der Waals surface area contributed by atoms with Crippen molar-refractivity contribution >= 4 is 23.2 Å². The minimum Gasteiger partial charge on any atom is -0.509 e. The van der Waals surface area contributed by atoms with E-state index in [1.165, 1.54) is 11.8 Å². The van der Waals surface area contributed by atoms with Crippen molar-refractivity contribution < 1.29 is 34.8 Å². The largest absolute Gasteiger partial charge is 0.509 e. The lowest BCUT2D eigenvalue weighted by atomic mass is 9.54. The third-order valence-corrected chi connectivity index (χ3v) is 8.28. The number of aliphatic hydroxyl groups excluding tert-OH is 2. The minimum atomic E-state index is -2.69. The predicted molar refractivity (Wildman–Crippen MR) is 131 cm³/mol. The molecule has 0 saturated carbocycles.